The third kappa shape index (κ3) is 3.39. The standard InChI is InChI=1S/C11H14F5N5O/c1-5(11(14,15)16)22-9-19-7(18)6(17)8(20-9)21-3-2-10(12,13)4-21/h5H,2-4,17H2,1H3,(H2,18,19,20)/p+1. The molecule has 0 radical (unpaired) electrons. The first-order valence-corrected chi connectivity index (χ1v) is 6.34. The predicted octanol–water partition coefficient (Wildman–Crippen LogP) is 1.24. The maximum Gasteiger partial charge on any atom is 0.434 e. The zero-order valence-corrected chi connectivity index (χ0v) is 11.5. The second kappa shape index (κ2) is 5.29. The van der Waals surface area contributed by atoms with Gasteiger partial charge < -0.3 is 16.2 Å². The number of halogens is 5. The van der Waals surface area contributed by atoms with Crippen molar-refractivity contribution in [3.8, 4) is 6.01 Å². The van der Waals surface area contributed by atoms with Gasteiger partial charge in [0, 0.05) is 6.42 Å². The largest absolute Gasteiger partial charge is 0.434 e. The number of nitrogens with two attached hydrogens (primary N) is 2. The minimum Gasteiger partial charge on any atom is -0.428 e. The number of aromatic nitrogens is 2. The first-order chi connectivity index (χ1) is 9.99. The summed E-state index contributed by atoms with van der Waals surface area (Å²) in [7, 11) is 0. The van der Waals surface area contributed by atoms with Crippen molar-refractivity contribution < 1.29 is 31.7 Å². The lowest BCUT2D eigenvalue weighted by Crippen LogP contribution is -2.36. The topological polar surface area (TPSA) is 91.5 Å². The SMILES string of the molecule is CC(Oc1nc(N)c(N)c(N2CCC(F)(F)C2)[nH+]1)C(F)(F)F. The molecule has 0 spiro atoms. The van der Waals surface area contributed by atoms with Crippen molar-refractivity contribution in [2.45, 2.75) is 31.5 Å². The van der Waals surface area contributed by atoms with Crippen LogP contribution < -0.4 is 26.1 Å². The van der Waals surface area contributed by atoms with E-state index in [1.54, 1.807) is 0 Å². The number of H-pyrrole nitrogens is 1. The molecule has 1 aromatic rings. The van der Waals surface area contributed by atoms with Gasteiger partial charge in [-0.05, 0) is 11.9 Å². The molecule has 11 heteroatoms. The molecule has 6 nitrogen and oxygen atoms in total. The third-order valence-electron chi connectivity index (χ3n) is 3.21. The van der Waals surface area contributed by atoms with Crippen molar-refractivity contribution in [1.29, 1.82) is 0 Å². The molecule has 2 rings (SSSR count). The van der Waals surface area contributed by atoms with E-state index in [-0.39, 0.29) is 23.9 Å². The smallest absolute Gasteiger partial charge is 0.428 e. The summed E-state index contributed by atoms with van der Waals surface area (Å²) >= 11 is 0. The van der Waals surface area contributed by atoms with Crippen LogP contribution in [0.5, 0.6) is 6.01 Å². The van der Waals surface area contributed by atoms with E-state index < -0.39 is 37.2 Å². The highest BCUT2D eigenvalue weighted by Gasteiger charge is 2.44. The molecule has 124 valence electrons. The van der Waals surface area contributed by atoms with Gasteiger partial charge in [-0.1, -0.05) is 0 Å². The van der Waals surface area contributed by atoms with Gasteiger partial charge in [0.2, 0.25) is 5.82 Å². The fourth-order valence-corrected chi connectivity index (χ4v) is 1.95. The number of ether oxygens (including phenoxy) is 1. The van der Waals surface area contributed by atoms with Gasteiger partial charge in [0.15, 0.2) is 11.8 Å². The molecule has 0 bridgehead atoms. The van der Waals surface area contributed by atoms with E-state index in [0.717, 1.165) is 6.92 Å². The Morgan fingerprint density at radius 3 is 2.50 bits per heavy atom. The minimum absolute atomic E-state index is 0.0224. The zero-order chi connectivity index (χ0) is 16.7. The lowest BCUT2D eigenvalue weighted by Gasteiger charge is -2.17. The summed E-state index contributed by atoms with van der Waals surface area (Å²) in [5.41, 5.74) is 11.0. The van der Waals surface area contributed by atoms with Crippen molar-refractivity contribution in [2.75, 3.05) is 29.5 Å². The summed E-state index contributed by atoms with van der Waals surface area (Å²) in [6.07, 6.45) is -7.14. The molecule has 1 fully saturated rings. The Morgan fingerprint density at radius 1 is 1.36 bits per heavy atom. The van der Waals surface area contributed by atoms with Crippen LogP contribution in [-0.4, -0.2) is 36.3 Å². The number of nitrogens with one attached hydrogen (secondary N) is 1. The Kier molecular flexibility index (Phi) is 3.92. The summed E-state index contributed by atoms with van der Waals surface area (Å²) in [5.74, 6) is -3.24. The lowest BCUT2D eigenvalue weighted by atomic mass is 10.3. The van der Waals surface area contributed by atoms with Crippen LogP contribution in [-0.2, 0) is 0 Å². The van der Waals surface area contributed by atoms with E-state index in [2.05, 4.69) is 14.7 Å². The highest BCUT2D eigenvalue weighted by atomic mass is 19.4. The van der Waals surface area contributed by atoms with Gasteiger partial charge in [-0.15, -0.1) is 0 Å². The molecule has 5 N–H and O–H groups in total. The number of hydrogen-bond donors (Lipinski definition) is 2. The van der Waals surface area contributed by atoms with E-state index in [1.807, 2.05) is 0 Å². The fourth-order valence-electron chi connectivity index (χ4n) is 1.95. The Balaban J connectivity index is 2.28. The highest BCUT2D eigenvalue weighted by Crippen LogP contribution is 2.33. The molecule has 1 aromatic heterocycles. The van der Waals surface area contributed by atoms with E-state index in [0.29, 0.717) is 0 Å². The average molecular weight is 328 g/mol. The van der Waals surface area contributed by atoms with E-state index in [1.165, 1.54) is 4.90 Å². The van der Waals surface area contributed by atoms with Gasteiger partial charge in [-0.3, -0.25) is 4.90 Å². The third-order valence-corrected chi connectivity index (χ3v) is 3.21. The Morgan fingerprint density at radius 2 is 2.00 bits per heavy atom. The van der Waals surface area contributed by atoms with Gasteiger partial charge in [0.1, 0.15) is 6.54 Å². The second-order valence-corrected chi connectivity index (χ2v) is 5.02. The van der Waals surface area contributed by atoms with E-state index in [9.17, 15) is 22.0 Å². The molecule has 0 saturated carbocycles. The quantitative estimate of drug-likeness (QED) is 0.815. The summed E-state index contributed by atoms with van der Waals surface area (Å²) in [6.45, 7) is 0.141. The number of aromatic amines is 1. The van der Waals surface area contributed by atoms with Crippen LogP contribution in [0.1, 0.15) is 13.3 Å². The number of nitrogen functional groups attached to an aromatic ring is 2. The van der Waals surface area contributed by atoms with Crippen LogP contribution >= 0.6 is 0 Å². The summed E-state index contributed by atoms with van der Waals surface area (Å²) in [5, 5.41) is 0. The molecule has 1 atom stereocenters. The van der Waals surface area contributed by atoms with Crippen LogP contribution in [0.25, 0.3) is 0 Å². The number of rotatable bonds is 3. The minimum atomic E-state index is -4.60. The Hall–Kier alpha value is -2.07. The Labute approximate surface area is 122 Å². The molecule has 1 aliphatic rings. The van der Waals surface area contributed by atoms with Crippen LogP contribution in [0.4, 0.5) is 39.3 Å². The summed E-state index contributed by atoms with van der Waals surface area (Å²) in [4.78, 5) is 7.14. The normalized spacial score (nSPS) is 19.3. The van der Waals surface area contributed by atoms with Crippen molar-refractivity contribution in [3.63, 3.8) is 0 Å². The molecule has 22 heavy (non-hydrogen) atoms. The molecule has 1 aliphatic heterocycles. The molecule has 0 aliphatic carbocycles. The number of anilines is 3. The lowest BCUT2D eigenvalue weighted by molar-refractivity contribution is -0.393. The number of nitrogens with zero attached hydrogens (tertiary/aromatic N) is 2. The van der Waals surface area contributed by atoms with Crippen LogP contribution in [0.3, 0.4) is 0 Å². The highest BCUT2D eigenvalue weighted by molar-refractivity contribution is 5.71. The van der Waals surface area contributed by atoms with Crippen molar-refractivity contribution in [1.82, 2.24) is 4.98 Å². The van der Waals surface area contributed by atoms with Crippen LogP contribution in [0.15, 0.2) is 0 Å². The molecule has 1 saturated heterocycles. The van der Waals surface area contributed by atoms with Gasteiger partial charge in [0.05, 0.1) is 6.54 Å². The molecule has 0 amide bonds. The monoisotopic (exact) mass is 328 g/mol. The first kappa shape index (κ1) is 16.3. The number of hydrogen-bond acceptors (Lipinski definition) is 5. The average Bonchev–Trinajstić information content (AvgIpc) is 2.72. The number of alkyl halides is 5. The Bertz CT molecular complexity index is 565. The summed E-state index contributed by atoms with van der Waals surface area (Å²) < 4.78 is 68.6. The van der Waals surface area contributed by atoms with Crippen LogP contribution in [0.2, 0.25) is 0 Å². The van der Waals surface area contributed by atoms with Crippen molar-refractivity contribution >= 4 is 17.3 Å². The fraction of sp³-hybridized carbons (Fsp3) is 0.636. The molecular formula is C11H15F5N5O+. The predicted molar refractivity (Wildman–Crippen MR) is 67.5 cm³/mol. The van der Waals surface area contributed by atoms with Gasteiger partial charge in [-0.25, -0.2) is 13.8 Å². The second-order valence-electron chi connectivity index (χ2n) is 5.02. The molecule has 2 heterocycles. The van der Waals surface area contributed by atoms with E-state index >= 15 is 0 Å². The first-order valence-electron chi connectivity index (χ1n) is 6.34. The maximum atomic E-state index is 13.3. The zero-order valence-electron chi connectivity index (χ0n) is 11.5. The van der Waals surface area contributed by atoms with E-state index in [4.69, 9.17) is 11.5 Å². The van der Waals surface area contributed by atoms with Gasteiger partial charge in [0.25, 0.3) is 11.7 Å². The van der Waals surface area contributed by atoms with Crippen molar-refractivity contribution in [3.05, 3.63) is 0 Å². The van der Waals surface area contributed by atoms with Gasteiger partial charge >= 0.3 is 12.2 Å². The molecular weight excluding hydrogens is 313 g/mol. The maximum absolute atomic E-state index is 13.3. The van der Waals surface area contributed by atoms with Crippen LogP contribution in [0, 0.1) is 0 Å². The summed E-state index contributed by atoms with van der Waals surface area (Å²) in [6, 6.07) is -0.540. The molecule has 0 aromatic carbocycles. The van der Waals surface area contributed by atoms with Crippen molar-refractivity contribution in [2.24, 2.45) is 0 Å². The van der Waals surface area contributed by atoms with Gasteiger partial charge in [-0.2, -0.15) is 13.2 Å². The molecule has 1 unspecified atom stereocenters.